The summed E-state index contributed by atoms with van der Waals surface area (Å²) in [7, 11) is 1.46. The second-order valence-corrected chi connectivity index (χ2v) is 3.69. The number of hydrogen-bond donors (Lipinski definition) is 0. The molecule has 2 aromatic rings. The Labute approximate surface area is 99.0 Å². The predicted octanol–water partition coefficient (Wildman–Crippen LogP) is 2.55. The molecule has 8 heteroatoms. The molecule has 2 heterocycles. The number of halogens is 4. The maximum Gasteiger partial charge on any atom is 0.433 e. The van der Waals surface area contributed by atoms with Gasteiger partial charge in [-0.2, -0.15) is 18.3 Å². The molecule has 0 unspecified atom stereocenters. The van der Waals surface area contributed by atoms with Gasteiger partial charge in [-0.1, -0.05) is 11.6 Å². The fourth-order valence-corrected chi connectivity index (χ4v) is 1.58. The molecule has 0 amide bonds. The summed E-state index contributed by atoms with van der Waals surface area (Å²) in [5, 5.41) is 3.81. The molecular weight excluding hydrogens is 259 g/mol. The summed E-state index contributed by atoms with van der Waals surface area (Å²) >= 11 is 5.70. The van der Waals surface area contributed by atoms with Gasteiger partial charge in [-0.3, -0.25) is 0 Å². The number of nitrogens with zero attached hydrogens (tertiary/aromatic N) is 3. The van der Waals surface area contributed by atoms with E-state index in [4.69, 9.17) is 16.3 Å². The molecule has 17 heavy (non-hydrogen) atoms. The summed E-state index contributed by atoms with van der Waals surface area (Å²) in [5.41, 5.74) is -0.544. The van der Waals surface area contributed by atoms with Crippen LogP contribution >= 0.6 is 11.6 Å². The van der Waals surface area contributed by atoms with Crippen LogP contribution in [-0.2, 0) is 17.5 Å². The van der Waals surface area contributed by atoms with Crippen molar-refractivity contribution in [3.05, 3.63) is 28.7 Å². The van der Waals surface area contributed by atoms with Gasteiger partial charge < -0.3 is 4.74 Å². The maximum absolute atomic E-state index is 12.5. The van der Waals surface area contributed by atoms with E-state index in [2.05, 4.69) is 10.1 Å². The summed E-state index contributed by atoms with van der Waals surface area (Å²) in [6.07, 6.45) is -4.53. The summed E-state index contributed by atoms with van der Waals surface area (Å²) < 4.78 is 43.4. The van der Waals surface area contributed by atoms with Crippen molar-refractivity contribution in [1.29, 1.82) is 0 Å². The molecule has 0 aliphatic rings. The molecule has 92 valence electrons. The molecule has 0 bridgehead atoms. The van der Waals surface area contributed by atoms with Crippen molar-refractivity contribution >= 4 is 17.2 Å². The van der Waals surface area contributed by atoms with Crippen molar-refractivity contribution in [3.8, 4) is 0 Å². The molecule has 0 saturated heterocycles. The fourth-order valence-electron chi connectivity index (χ4n) is 1.35. The second kappa shape index (κ2) is 4.15. The Hall–Kier alpha value is -1.34. The van der Waals surface area contributed by atoms with Gasteiger partial charge in [0.2, 0.25) is 0 Å². The number of aromatic nitrogens is 3. The molecule has 2 rings (SSSR count). The quantitative estimate of drug-likeness (QED) is 0.784. The Bertz CT molecular complexity index is 552. The van der Waals surface area contributed by atoms with Crippen LogP contribution in [0.15, 0.2) is 12.1 Å². The molecule has 0 spiro atoms. The predicted molar refractivity (Wildman–Crippen MR) is 53.7 cm³/mol. The lowest BCUT2D eigenvalue weighted by molar-refractivity contribution is -0.141. The Morgan fingerprint density at radius 3 is 2.71 bits per heavy atom. The van der Waals surface area contributed by atoms with Gasteiger partial charge in [-0.15, -0.1) is 0 Å². The van der Waals surface area contributed by atoms with Crippen molar-refractivity contribution < 1.29 is 17.9 Å². The van der Waals surface area contributed by atoms with Crippen LogP contribution < -0.4 is 0 Å². The molecule has 0 radical (unpaired) electrons. The molecule has 2 aromatic heterocycles. The summed E-state index contributed by atoms with van der Waals surface area (Å²) in [5.74, 6) is 0. The van der Waals surface area contributed by atoms with E-state index in [9.17, 15) is 13.2 Å². The zero-order valence-electron chi connectivity index (χ0n) is 8.62. The van der Waals surface area contributed by atoms with Crippen molar-refractivity contribution in [3.63, 3.8) is 0 Å². The van der Waals surface area contributed by atoms with Crippen LogP contribution in [0.4, 0.5) is 13.2 Å². The SMILES string of the molecule is COCc1cc2nc(C(F)(F)F)cc(Cl)n2n1. The average Bonchev–Trinajstić information content (AvgIpc) is 2.60. The highest BCUT2D eigenvalue weighted by atomic mass is 35.5. The van der Waals surface area contributed by atoms with Gasteiger partial charge in [0.15, 0.2) is 5.65 Å². The van der Waals surface area contributed by atoms with Gasteiger partial charge in [0.1, 0.15) is 10.8 Å². The molecule has 0 aliphatic heterocycles. The normalized spacial score (nSPS) is 12.3. The molecular formula is C9H7ClF3N3O. The van der Waals surface area contributed by atoms with Crippen LogP contribution in [0.5, 0.6) is 0 Å². The zero-order chi connectivity index (χ0) is 12.6. The molecule has 4 nitrogen and oxygen atoms in total. The smallest absolute Gasteiger partial charge is 0.378 e. The molecule has 0 aliphatic carbocycles. The molecule has 0 N–H and O–H groups in total. The zero-order valence-corrected chi connectivity index (χ0v) is 9.38. The first kappa shape index (κ1) is 12.1. The van der Waals surface area contributed by atoms with E-state index in [1.165, 1.54) is 13.2 Å². The van der Waals surface area contributed by atoms with Crippen LogP contribution in [-0.4, -0.2) is 21.7 Å². The number of fused-ring (bicyclic) bond motifs is 1. The van der Waals surface area contributed by atoms with Crippen molar-refractivity contribution in [2.24, 2.45) is 0 Å². The molecule has 0 atom stereocenters. The summed E-state index contributed by atoms with van der Waals surface area (Å²) in [6, 6.07) is 2.13. The highest BCUT2D eigenvalue weighted by Gasteiger charge is 2.33. The van der Waals surface area contributed by atoms with Gasteiger partial charge in [-0.25, -0.2) is 9.50 Å². The van der Waals surface area contributed by atoms with Crippen molar-refractivity contribution in [2.45, 2.75) is 12.8 Å². The fraction of sp³-hybridized carbons (Fsp3) is 0.333. The van der Waals surface area contributed by atoms with E-state index in [0.717, 1.165) is 10.6 Å². The average molecular weight is 266 g/mol. The van der Waals surface area contributed by atoms with E-state index in [-0.39, 0.29) is 17.4 Å². The lowest BCUT2D eigenvalue weighted by Gasteiger charge is -2.06. The topological polar surface area (TPSA) is 39.4 Å². The van der Waals surface area contributed by atoms with Crippen molar-refractivity contribution in [2.75, 3.05) is 7.11 Å². The van der Waals surface area contributed by atoms with E-state index in [0.29, 0.717) is 5.69 Å². The Kier molecular flexibility index (Phi) is 2.96. The molecule has 0 aromatic carbocycles. The third kappa shape index (κ3) is 2.34. The monoisotopic (exact) mass is 265 g/mol. The first-order valence-electron chi connectivity index (χ1n) is 4.53. The van der Waals surface area contributed by atoms with Gasteiger partial charge in [0, 0.05) is 19.2 Å². The van der Waals surface area contributed by atoms with Gasteiger partial charge in [0.25, 0.3) is 0 Å². The van der Waals surface area contributed by atoms with E-state index in [1.807, 2.05) is 0 Å². The minimum atomic E-state index is -4.53. The first-order valence-corrected chi connectivity index (χ1v) is 4.91. The van der Waals surface area contributed by atoms with E-state index in [1.54, 1.807) is 0 Å². The number of hydrogen-bond acceptors (Lipinski definition) is 3. The van der Waals surface area contributed by atoms with Gasteiger partial charge in [-0.05, 0) is 0 Å². The maximum atomic E-state index is 12.5. The lowest BCUT2D eigenvalue weighted by Crippen LogP contribution is -2.09. The summed E-state index contributed by atoms with van der Waals surface area (Å²) in [4.78, 5) is 3.45. The third-order valence-corrected chi connectivity index (χ3v) is 2.29. The highest BCUT2D eigenvalue weighted by molar-refractivity contribution is 6.29. The number of alkyl halides is 3. The Balaban J connectivity index is 2.57. The van der Waals surface area contributed by atoms with Gasteiger partial charge in [0.05, 0.1) is 12.3 Å². The minimum absolute atomic E-state index is 0.0388. The third-order valence-electron chi connectivity index (χ3n) is 2.02. The minimum Gasteiger partial charge on any atom is -0.378 e. The summed E-state index contributed by atoms with van der Waals surface area (Å²) in [6.45, 7) is 0.182. The van der Waals surface area contributed by atoms with Crippen LogP contribution in [0.3, 0.4) is 0 Å². The highest BCUT2D eigenvalue weighted by Crippen LogP contribution is 2.29. The number of ether oxygens (including phenoxy) is 1. The second-order valence-electron chi connectivity index (χ2n) is 3.30. The largest absolute Gasteiger partial charge is 0.433 e. The van der Waals surface area contributed by atoms with E-state index < -0.39 is 11.9 Å². The Morgan fingerprint density at radius 1 is 1.41 bits per heavy atom. The lowest BCUT2D eigenvalue weighted by atomic mass is 10.4. The molecule has 0 saturated carbocycles. The number of methoxy groups -OCH3 is 1. The van der Waals surface area contributed by atoms with Crippen LogP contribution in [0.2, 0.25) is 5.15 Å². The van der Waals surface area contributed by atoms with E-state index >= 15 is 0 Å². The number of rotatable bonds is 2. The van der Waals surface area contributed by atoms with Gasteiger partial charge >= 0.3 is 6.18 Å². The standard InChI is InChI=1S/C9H7ClF3N3O/c1-17-4-5-2-8-14-6(9(11,12)13)3-7(10)16(8)15-5/h2-3H,4H2,1H3. The van der Waals surface area contributed by atoms with Crippen LogP contribution in [0.1, 0.15) is 11.4 Å². The van der Waals surface area contributed by atoms with Crippen LogP contribution in [0, 0.1) is 0 Å². The first-order chi connectivity index (χ1) is 7.91. The van der Waals surface area contributed by atoms with Crippen molar-refractivity contribution in [1.82, 2.24) is 14.6 Å². The molecule has 0 fully saturated rings. The Morgan fingerprint density at radius 2 is 2.12 bits per heavy atom. The van der Waals surface area contributed by atoms with Crippen LogP contribution in [0.25, 0.3) is 5.65 Å².